The molecule has 0 aliphatic rings. The lowest BCUT2D eigenvalue weighted by molar-refractivity contribution is 0.355. The van der Waals surface area contributed by atoms with Gasteiger partial charge in [0.25, 0.3) is 0 Å². The Balaban J connectivity index is 1.96. The Morgan fingerprint density at radius 2 is 2.11 bits per heavy atom. The van der Waals surface area contributed by atoms with Crippen molar-refractivity contribution in [3.05, 3.63) is 23.8 Å². The molecular weight excluding hydrogens is 242 g/mol. The van der Waals surface area contributed by atoms with Crippen LogP contribution in [0.25, 0.3) is 0 Å². The van der Waals surface area contributed by atoms with Crippen molar-refractivity contribution in [3.8, 4) is 0 Å². The molecule has 0 bridgehead atoms. The average Bonchev–Trinajstić information content (AvgIpc) is 2.95. The highest BCUT2D eigenvalue weighted by atomic mass is 16.5. The van der Waals surface area contributed by atoms with Gasteiger partial charge in [-0.2, -0.15) is 10.1 Å². The van der Waals surface area contributed by atoms with Crippen LogP contribution in [0.4, 0.5) is 6.01 Å². The van der Waals surface area contributed by atoms with Crippen LogP contribution in [0.1, 0.15) is 51.9 Å². The highest BCUT2D eigenvalue weighted by Gasteiger charge is 2.14. The third-order valence-corrected chi connectivity index (χ3v) is 2.73. The van der Waals surface area contributed by atoms with Crippen LogP contribution in [-0.2, 0) is 12.1 Å². The summed E-state index contributed by atoms with van der Waals surface area (Å²) < 4.78 is 7.06. The van der Waals surface area contributed by atoms with E-state index in [1.54, 1.807) is 0 Å². The zero-order chi connectivity index (χ0) is 14.0. The number of nitrogens with one attached hydrogen (secondary N) is 1. The Bertz CT molecular complexity index is 535. The highest BCUT2D eigenvalue weighted by molar-refractivity contribution is 5.22. The first-order chi connectivity index (χ1) is 8.86. The normalized spacial score (nSPS) is 12.1. The third kappa shape index (κ3) is 3.33. The summed E-state index contributed by atoms with van der Waals surface area (Å²) in [5.74, 6) is 0.982. The number of nitrogens with zero attached hydrogens (tertiary/aromatic N) is 4. The summed E-state index contributed by atoms with van der Waals surface area (Å²) in [6.45, 7) is 11.0. The fourth-order valence-corrected chi connectivity index (χ4v) is 1.54. The summed E-state index contributed by atoms with van der Waals surface area (Å²) in [5, 5.41) is 11.4. The molecule has 0 spiro atoms. The molecule has 2 rings (SSSR count). The fourth-order valence-electron chi connectivity index (χ4n) is 1.54. The van der Waals surface area contributed by atoms with Gasteiger partial charge in [-0.1, -0.05) is 19.0 Å². The van der Waals surface area contributed by atoms with Crippen LogP contribution in [0.15, 0.2) is 16.9 Å². The summed E-state index contributed by atoms with van der Waals surface area (Å²) in [7, 11) is 0. The van der Waals surface area contributed by atoms with Crippen LogP contribution in [0.5, 0.6) is 0 Å². The van der Waals surface area contributed by atoms with Crippen LogP contribution < -0.4 is 5.32 Å². The quantitative estimate of drug-likeness (QED) is 0.918. The van der Waals surface area contributed by atoms with E-state index in [0.717, 1.165) is 5.56 Å². The maximum atomic E-state index is 5.12. The standard InChI is InChI=1S/C13H21N5O/c1-9(2)11-16-12(19-17-11)14-6-10-7-15-18(8-10)13(3,4)5/h7-9H,6H2,1-5H3,(H,14,16,17). The lowest BCUT2D eigenvalue weighted by Gasteiger charge is -2.18. The molecule has 0 aliphatic carbocycles. The smallest absolute Gasteiger partial charge is 0.321 e. The Hall–Kier alpha value is -1.85. The molecule has 0 amide bonds. The van der Waals surface area contributed by atoms with Crippen molar-refractivity contribution in [2.24, 2.45) is 0 Å². The van der Waals surface area contributed by atoms with Gasteiger partial charge in [-0.05, 0) is 20.8 Å². The number of hydrogen-bond donors (Lipinski definition) is 1. The Kier molecular flexibility index (Phi) is 3.59. The lowest BCUT2D eigenvalue weighted by atomic mass is 10.1. The van der Waals surface area contributed by atoms with Crippen LogP contribution >= 0.6 is 0 Å². The number of rotatable bonds is 4. The van der Waals surface area contributed by atoms with Gasteiger partial charge in [0.2, 0.25) is 0 Å². The SMILES string of the molecule is CC(C)c1noc(NCc2cnn(C(C)(C)C)c2)n1. The van der Waals surface area contributed by atoms with Crippen molar-refractivity contribution >= 4 is 6.01 Å². The fraction of sp³-hybridized carbons (Fsp3) is 0.615. The van der Waals surface area contributed by atoms with Gasteiger partial charge < -0.3 is 9.84 Å². The molecule has 6 nitrogen and oxygen atoms in total. The molecule has 19 heavy (non-hydrogen) atoms. The van der Waals surface area contributed by atoms with Gasteiger partial charge in [-0.3, -0.25) is 4.68 Å². The molecule has 0 aromatic carbocycles. The molecule has 2 aromatic rings. The minimum absolute atomic E-state index is 0.00640. The number of aromatic nitrogens is 4. The van der Waals surface area contributed by atoms with Crippen LogP contribution in [-0.4, -0.2) is 19.9 Å². The van der Waals surface area contributed by atoms with Crippen molar-refractivity contribution in [1.29, 1.82) is 0 Å². The van der Waals surface area contributed by atoms with E-state index < -0.39 is 0 Å². The van der Waals surface area contributed by atoms with Crippen LogP contribution in [0.2, 0.25) is 0 Å². The van der Waals surface area contributed by atoms with Crippen molar-refractivity contribution in [2.75, 3.05) is 5.32 Å². The van der Waals surface area contributed by atoms with E-state index >= 15 is 0 Å². The predicted octanol–water partition coefficient (Wildman–Crippen LogP) is 2.76. The minimum atomic E-state index is -0.00640. The topological polar surface area (TPSA) is 68.8 Å². The van der Waals surface area contributed by atoms with Gasteiger partial charge in [-0.15, -0.1) is 0 Å². The van der Waals surface area contributed by atoms with Crippen molar-refractivity contribution in [1.82, 2.24) is 19.9 Å². The molecule has 0 aliphatic heterocycles. The predicted molar refractivity (Wildman–Crippen MR) is 72.9 cm³/mol. The number of hydrogen-bond acceptors (Lipinski definition) is 5. The molecule has 0 saturated carbocycles. The molecule has 0 atom stereocenters. The maximum Gasteiger partial charge on any atom is 0.321 e. The zero-order valence-electron chi connectivity index (χ0n) is 12.1. The average molecular weight is 263 g/mol. The molecule has 2 aromatic heterocycles. The van der Waals surface area contributed by atoms with E-state index in [-0.39, 0.29) is 11.5 Å². The van der Waals surface area contributed by atoms with E-state index in [1.807, 2.05) is 30.9 Å². The van der Waals surface area contributed by atoms with E-state index in [9.17, 15) is 0 Å². The largest absolute Gasteiger partial charge is 0.334 e. The highest BCUT2D eigenvalue weighted by Crippen LogP contribution is 2.15. The van der Waals surface area contributed by atoms with Gasteiger partial charge in [-0.25, -0.2) is 0 Å². The zero-order valence-corrected chi connectivity index (χ0v) is 12.1. The van der Waals surface area contributed by atoms with E-state index in [2.05, 4.69) is 41.3 Å². The third-order valence-electron chi connectivity index (χ3n) is 2.73. The van der Waals surface area contributed by atoms with Crippen molar-refractivity contribution in [2.45, 2.75) is 52.6 Å². The lowest BCUT2D eigenvalue weighted by Crippen LogP contribution is -2.21. The maximum absolute atomic E-state index is 5.12. The molecule has 2 heterocycles. The molecule has 6 heteroatoms. The Labute approximate surface area is 113 Å². The molecule has 0 fully saturated rings. The van der Waals surface area contributed by atoms with Gasteiger partial charge in [0, 0.05) is 24.2 Å². The first-order valence-electron chi connectivity index (χ1n) is 6.48. The van der Waals surface area contributed by atoms with E-state index in [0.29, 0.717) is 18.4 Å². The molecule has 104 valence electrons. The first kappa shape index (κ1) is 13.6. The number of anilines is 1. The van der Waals surface area contributed by atoms with Gasteiger partial charge in [0.05, 0.1) is 11.7 Å². The van der Waals surface area contributed by atoms with E-state index in [4.69, 9.17) is 4.52 Å². The van der Waals surface area contributed by atoms with Gasteiger partial charge in [0.15, 0.2) is 5.82 Å². The monoisotopic (exact) mass is 263 g/mol. The first-order valence-corrected chi connectivity index (χ1v) is 6.48. The van der Waals surface area contributed by atoms with Crippen molar-refractivity contribution in [3.63, 3.8) is 0 Å². The Morgan fingerprint density at radius 1 is 1.37 bits per heavy atom. The summed E-state index contributed by atoms with van der Waals surface area (Å²) in [5.41, 5.74) is 1.08. The second-order valence-electron chi connectivity index (χ2n) is 5.93. The molecule has 1 N–H and O–H groups in total. The Morgan fingerprint density at radius 3 is 2.63 bits per heavy atom. The second-order valence-corrected chi connectivity index (χ2v) is 5.93. The van der Waals surface area contributed by atoms with E-state index in [1.165, 1.54) is 0 Å². The summed E-state index contributed by atoms with van der Waals surface area (Å²) in [4.78, 5) is 4.26. The molecule has 0 saturated heterocycles. The van der Waals surface area contributed by atoms with Crippen LogP contribution in [0.3, 0.4) is 0 Å². The van der Waals surface area contributed by atoms with Crippen molar-refractivity contribution < 1.29 is 4.52 Å². The minimum Gasteiger partial charge on any atom is -0.334 e. The van der Waals surface area contributed by atoms with Crippen LogP contribution in [0, 0.1) is 0 Å². The van der Waals surface area contributed by atoms with Gasteiger partial charge in [0.1, 0.15) is 0 Å². The molecular formula is C13H21N5O. The molecule has 0 radical (unpaired) electrons. The summed E-state index contributed by atoms with van der Waals surface area (Å²) in [6, 6.07) is 0.451. The summed E-state index contributed by atoms with van der Waals surface area (Å²) >= 11 is 0. The second kappa shape index (κ2) is 5.03. The van der Waals surface area contributed by atoms with Gasteiger partial charge >= 0.3 is 6.01 Å². The molecule has 0 unspecified atom stereocenters. The summed E-state index contributed by atoms with van der Waals surface area (Å²) in [6.07, 6.45) is 3.87.